The minimum Gasteiger partial charge on any atom is -0.434 e. The van der Waals surface area contributed by atoms with E-state index in [1.165, 1.54) is 30.3 Å². The van der Waals surface area contributed by atoms with Gasteiger partial charge in [0.25, 0.3) is 11.8 Å². The van der Waals surface area contributed by atoms with Crippen LogP contribution in [0.1, 0.15) is 53.4 Å². The van der Waals surface area contributed by atoms with E-state index in [1.54, 1.807) is 6.92 Å². The highest BCUT2D eigenvalue weighted by molar-refractivity contribution is 7.91. The van der Waals surface area contributed by atoms with Crippen LogP contribution in [0.4, 0.5) is 27.6 Å². The molecule has 1 heterocycles. The predicted molar refractivity (Wildman–Crippen MR) is 129 cm³/mol. The molecule has 1 unspecified atom stereocenters. The number of carbonyl (C=O) groups is 1. The fourth-order valence-electron chi connectivity index (χ4n) is 4.27. The second-order valence-corrected chi connectivity index (χ2v) is 11.6. The lowest BCUT2D eigenvalue weighted by molar-refractivity contribution is -0.142. The fraction of sp³-hybridized carbons (Fsp3) is 0.320. The van der Waals surface area contributed by atoms with Crippen LogP contribution >= 0.6 is 0 Å². The molecule has 7 nitrogen and oxygen atoms in total. The summed E-state index contributed by atoms with van der Waals surface area (Å²) in [7, 11) is -3.15. The van der Waals surface area contributed by atoms with Gasteiger partial charge in [-0.05, 0) is 60.6 Å². The molecule has 0 aliphatic heterocycles. The third kappa shape index (κ3) is 5.19. The molecule has 1 saturated carbocycles. The summed E-state index contributed by atoms with van der Waals surface area (Å²) >= 11 is 0. The van der Waals surface area contributed by atoms with Crippen molar-refractivity contribution in [2.24, 2.45) is 0 Å². The van der Waals surface area contributed by atoms with Crippen LogP contribution in [0.25, 0.3) is 0 Å². The lowest BCUT2D eigenvalue weighted by Gasteiger charge is -2.39. The molecule has 2 aromatic carbocycles. The largest absolute Gasteiger partial charge is 0.435 e. The van der Waals surface area contributed by atoms with Crippen molar-refractivity contribution >= 4 is 21.3 Å². The first-order valence-electron chi connectivity index (χ1n) is 11.4. The average Bonchev–Trinajstić information content (AvgIpc) is 2.79. The van der Waals surface area contributed by atoms with Crippen molar-refractivity contribution in [3.63, 3.8) is 0 Å². The van der Waals surface area contributed by atoms with Crippen molar-refractivity contribution in [1.29, 1.82) is 4.78 Å². The number of carbonyl (C=O) groups excluding carboxylic acids is 1. The molecule has 0 spiro atoms. The minimum atomic E-state index is -4.97. The van der Waals surface area contributed by atoms with E-state index in [2.05, 4.69) is 15.5 Å². The van der Waals surface area contributed by atoms with Crippen LogP contribution in [-0.2, 0) is 21.3 Å². The number of amides is 1. The van der Waals surface area contributed by atoms with Gasteiger partial charge in [-0.25, -0.2) is 13.4 Å². The number of nitrogens with zero attached hydrogens (tertiary/aromatic N) is 2. The van der Waals surface area contributed by atoms with Gasteiger partial charge in [0.15, 0.2) is 17.3 Å². The molecule has 1 aliphatic carbocycles. The maximum Gasteiger partial charge on any atom is 0.435 e. The van der Waals surface area contributed by atoms with Gasteiger partial charge in [-0.15, -0.1) is 10.2 Å². The van der Waals surface area contributed by atoms with Crippen LogP contribution < -0.4 is 10.1 Å². The molecule has 0 saturated heterocycles. The fourth-order valence-corrected chi connectivity index (χ4v) is 4.96. The van der Waals surface area contributed by atoms with E-state index in [9.17, 15) is 31.0 Å². The van der Waals surface area contributed by atoms with Gasteiger partial charge in [0.05, 0.1) is 9.73 Å². The van der Waals surface area contributed by atoms with Crippen molar-refractivity contribution < 1.29 is 35.7 Å². The smallest absolute Gasteiger partial charge is 0.434 e. The topological polar surface area (TPSA) is 105 Å². The number of rotatable bonds is 6. The number of alkyl halides is 3. The molecule has 1 aromatic heterocycles. The SMILES string of the molecule is Cc1c(C(F)(F)F)nnc(Oc2ccc(C3(C)CCC3)c(F)c2F)c1C(=O)Nc1cccc(S(C)(=N)=O)c1. The minimum absolute atomic E-state index is 0.0281. The predicted octanol–water partition coefficient (Wildman–Crippen LogP) is 6.60. The Balaban J connectivity index is 1.76. The summed E-state index contributed by atoms with van der Waals surface area (Å²) in [4.78, 5) is 13.2. The van der Waals surface area contributed by atoms with Crippen LogP contribution in [0, 0.1) is 23.3 Å². The van der Waals surface area contributed by atoms with Gasteiger partial charge in [-0.1, -0.05) is 25.5 Å². The van der Waals surface area contributed by atoms with Gasteiger partial charge in [-0.3, -0.25) is 4.79 Å². The summed E-state index contributed by atoms with van der Waals surface area (Å²) < 4.78 is 95.6. The number of ether oxygens (including phenoxy) is 1. The zero-order valence-electron chi connectivity index (χ0n) is 20.5. The summed E-state index contributed by atoms with van der Waals surface area (Å²) in [5.74, 6) is -5.10. The van der Waals surface area contributed by atoms with E-state index in [4.69, 9.17) is 9.52 Å². The van der Waals surface area contributed by atoms with Crippen molar-refractivity contribution in [1.82, 2.24) is 10.2 Å². The van der Waals surface area contributed by atoms with E-state index >= 15 is 0 Å². The van der Waals surface area contributed by atoms with Crippen LogP contribution in [-0.4, -0.2) is 26.6 Å². The quantitative estimate of drug-likeness (QED) is 0.334. The Kier molecular flexibility index (Phi) is 6.93. The molecule has 1 atom stereocenters. The summed E-state index contributed by atoms with van der Waals surface area (Å²) in [6.07, 6.45) is -1.59. The first-order chi connectivity index (χ1) is 17.6. The molecule has 38 heavy (non-hydrogen) atoms. The van der Waals surface area contributed by atoms with Crippen LogP contribution in [0.2, 0.25) is 0 Å². The Morgan fingerprint density at radius 2 is 1.82 bits per heavy atom. The van der Waals surface area contributed by atoms with Crippen LogP contribution in [0.15, 0.2) is 41.3 Å². The monoisotopic (exact) mass is 554 g/mol. The summed E-state index contributed by atoms with van der Waals surface area (Å²) in [6.45, 7) is 2.77. The first-order valence-corrected chi connectivity index (χ1v) is 13.3. The number of benzene rings is 2. The van der Waals surface area contributed by atoms with Gasteiger partial charge in [0, 0.05) is 16.8 Å². The summed E-state index contributed by atoms with van der Waals surface area (Å²) in [5.41, 5.74) is -3.18. The Labute approximate surface area is 215 Å². The van der Waals surface area contributed by atoms with Gasteiger partial charge in [-0.2, -0.15) is 17.6 Å². The molecular formula is C25H23F5N4O3S. The van der Waals surface area contributed by atoms with Crippen molar-refractivity contribution in [2.45, 2.75) is 49.6 Å². The third-order valence-corrected chi connectivity index (χ3v) is 7.74. The molecule has 2 N–H and O–H groups in total. The molecule has 1 amide bonds. The Hall–Kier alpha value is -3.61. The molecule has 13 heteroatoms. The van der Waals surface area contributed by atoms with Crippen molar-refractivity contribution in [3.05, 3.63) is 70.4 Å². The Morgan fingerprint density at radius 3 is 2.39 bits per heavy atom. The van der Waals surface area contributed by atoms with Gasteiger partial charge in [0.1, 0.15) is 5.56 Å². The maximum atomic E-state index is 15.0. The van der Waals surface area contributed by atoms with Gasteiger partial charge < -0.3 is 10.1 Å². The molecule has 202 valence electrons. The number of anilines is 1. The van der Waals surface area contributed by atoms with Crippen molar-refractivity contribution in [3.8, 4) is 11.6 Å². The lowest BCUT2D eigenvalue weighted by Crippen LogP contribution is -2.31. The van der Waals surface area contributed by atoms with Gasteiger partial charge >= 0.3 is 6.18 Å². The van der Waals surface area contributed by atoms with E-state index in [0.29, 0.717) is 12.8 Å². The molecule has 0 radical (unpaired) electrons. The zero-order chi connectivity index (χ0) is 28.0. The number of halogens is 5. The highest BCUT2D eigenvalue weighted by Gasteiger charge is 2.39. The Bertz CT molecular complexity index is 1540. The number of hydrogen-bond acceptors (Lipinski definition) is 6. The molecule has 1 fully saturated rings. The zero-order valence-corrected chi connectivity index (χ0v) is 21.3. The average molecular weight is 555 g/mol. The molecule has 4 rings (SSSR count). The normalized spacial score (nSPS) is 16.3. The second-order valence-electron chi connectivity index (χ2n) is 9.43. The third-order valence-electron chi connectivity index (χ3n) is 6.58. The van der Waals surface area contributed by atoms with E-state index in [0.717, 1.165) is 25.7 Å². The number of aromatic nitrogens is 2. The van der Waals surface area contributed by atoms with E-state index in [-0.39, 0.29) is 16.1 Å². The highest BCUT2D eigenvalue weighted by atomic mass is 32.2. The van der Waals surface area contributed by atoms with Gasteiger partial charge in [0.2, 0.25) is 5.82 Å². The molecule has 3 aromatic rings. The number of hydrogen-bond donors (Lipinski definition) is 2. The van der Waals surface area contributed by atoms with E-state index < -0.39 is 67.3 Å². The molecule has 1 aliphatic rings. The number of nitrogens with one attached hydrogen (secondary N) is 2. The van der Waals surface area contributed by atoms with Crippen molar-refractivity contribution in [2.75, 3.05) is 11.6 Å². The second kappa shape index (κ2) is 9.61. The highest BCUT2D eigenvalue weighted by Crippen LogP contribution is 2.45. The maximum absolute atomic E-state index is 15.0. The molecule has 0 bridgehead atoms. The standard InChI is InChI=1S/C25H23F5N4O3S/c1-13-18(22(35)32-14-6-4-7-15(12-14)38(3,31)36)23(34-33-21(13)25(28,29)30)37-17-9-8-16(19(26)20(17)27)24(2)10-5-11-24/h4,6-9,12,31H,5,10-11H2,1-3H3,(H,32,35). The lowest BCUT2D eigenvalue weighted by atomic mass is 9.66. The van der Waals surface area contributed by atoms with E-state index in [1.807, 2.05) is 0 Å². The summed E-state index contributed by atoms with van der Waals surface area (Å²) in [6, 6.07) is 7.87. The Morgan fingerprint density at radius 1 is 1.13 bits per heavy atom. The van der Waals surface area contributed by atoms with Crippen LogP contribution in [0.5, 0.6) is 11.6 Å². The summed E-state index contributed by atoms with van der Waals surface area (Å²) in [5, 5.41) is 8.84. The first kappa shape index (κ1) is 27.4. The van der Waals surface area contributed by atoms with Crippen LogP contribution in [0.3, 0.4) is 0 Å². The molecular weight excluding hydrogens is 531 g/mol.